The highest BCUT2D eigenvalue weighted by Gasteiger charge is 2.55. The Morgan fingerprint density at radius 2 is 1.93 bits per heavy atom. The molecule has 27 heavy (non-hydrogen) atoms. The van der Waals surface area contributed by atoms with Crippen molar-refractivity contribution in [3.05, 3.63) is 40.9 Å². The zero-order valence-corrected chi connectivity index (χ0v) is 15.2. The van der Waals surface area contributed by atoms with Gasteiger partial charge in [-0.3, -0.25) is 9.69 Å². The third-order valence-electron chi connectivity index (χ3n) is 5.03. The molecule has 142 valence electrons. The van der Waals surface area contributed by atoms with E-state index in [1.54, 1.807) is 12.3 Å². The minimum atomic E-state index is -4.38. The fraction of sp³-hybridized carbons (Fsp3) is 0.389. The third-order valence-corrected chi connectivity index (χ3v) is 5.97. The van der Waals surface area contributed by atoms with Crippen LogP contribution in [0.25, 0.3) is 10.6 Å². The summed E-state index contributed by atoms with van der Waals surface area (Å²) < 4.78 is 38.0. The van der Waals surface area contributed by atoms with Crippen molar-refractivity contribution < 1.29 is 22.8 Å². The number of hydrogen-bond acceptors (Lipinski definition) is 4. The van der Waals surface area contributed by atoms with E-state index in [4.69, 9.17) is 0 Å². The maximum absolute atomic E-state index is 12.7. The molecule has 0 unspecified atom stereocenters. The second-order valence-electron chi connectivity index (χ2n) is 7.02. The van der Waals surface area contributed by atoms with Gasteiger partial charge in [0.2, 0.25) is 0 Å². The van der Waals surface area contributed by atoms with Gasteiger partial charge in [-0.15, -0.1) is 11.3 Å². The number of rotatable bonds is 4. The zero-order chi connectivity index (χ0) is 19.4. The van der Waals surface area contributed by atoms with E-state index in [0.29, 0.717) is 16.3 Å². The largest absolute Gasteiger partial charge is 0.416 e. The molecule has 0 radical (unpaired) electrons. The van der Waals surface area contributed by atoms with E-state index < -0.39 is 23.3 Å². The second kappa shape index (κ2) is 6.05. The molecule has 1 aliphatic carbocycles. The van der Waals surface area contributed by atoms with E-state index in [0.717, 1.165) is 29.9 Å². The van der Waals surface area contributed by atoms with Crippen molar-refractivity contribution in [2.75, 3.05) is 0 Å². The molecule has 0 spiro atoms. The highest BCUT2D eigenvalue weighted by atomic mass is 32.1. The minimum Gasteiger partial charge on any atom is -0.323 e. The number of nitrogens with zero attached hydrogens (tertiary/aromatic N) is 2. The molecular formula is C18H16F3N3O2S. The molecule has 2 heterocycles. The Balaban J connectivity index is 1.50. The monoisotopic (exact) mass is 395 g/mol. The molecule has 1 saturated heterocycles. The van der Waals surface area contributed by atoms with Crippen molar-refractivity contribution >= 4 is 23.3 Å². The first-order chi connectivity index (χ1) is 12.7. The van der Waals surface area contributed by atoms with Crippen LogP contribution in [0.1, 0.15) is 31.0 Å². The molecule has 2 fully saturated rings. The molecular weight excluding hydrogens is 379 g/mol. The standard InChI is InChI=1S/C18H16F3N3O2S/c1-17(11-6-7-11)15(25)24(16(26)23-17)8-13-9-27-14(22-13)10-2-4-12(5-3-10)18(19,20)21/h2-5,9,11H,6-8H2,1H3,(H,23,26)/t17-/m0/s1. The van der Waals surface area contributed by atoms with Gasteiger partial charge in [-0.2, -0.15) is 13.2 Å². The maximum Gasteiger partial charge on any atom is 0.416 e. The van der Waals surface area contributed by atoms with Crippen LogP contribution in [0.15, 0.2) is 29.6 Å². The van der Waals surface area contributed by atoms with Gasteiger partial charge in [0.25, 0.3) is 5.91 Å². The van der Waals surface area contributed by atoms with Gasteiger partial charge in [0.15, 0.2) is 0 Å². The average Bonchev–Trinajstić information content (AvgIpc) is 3.33. The topological polar surface area (TPSA) is 62.3 Å². The van der Waals surface area contributed by atoms with Gasteiger partial charge in [0, 0.05) is 10.9 Å². The van der Waals surface area contributed by atoms with Crippen molar-refractivity contribution in [2.45, 2.75) is 38.0 Å². The van der Waals surface area contributed by atoms with Crippen LogP contribution in [0.3, 0.4) is 0 Å². The highest BCUT2D eigenvalue weighted by Crippen LogP contribution is 2.43. The number of hydrogen-bond donors (Lipinski definition) is 1. The van der Waals surface area contributed by atoms with Gasteiger partial charge in [-0.05, 0) is 37.8 Å². The number of halogens is 3. The van der Waals surface area contributed by atoms with E-state index >= 15 is 0 Å². The van der Waals surface area contributed by atoms with Crippen LogP contribution in [-0.2, 0) is 17.5 Å². The fourth-order valence-electron chi connectivity index (χ4n) is 3.27. The number of aromatic nitrogens is 1. The molecule has 1 saturated carbocycles. The highest BCUT2D eigenvalue weighted by molar-refractivity contribution is 7.13. The summed E-state index contributed by atoms with van der Waals surface area (Å²) in [5.74, 6) is -0.0730. The Morgan fingerprint density at radius 3 is 2.52 bits per heavy atom. The van der Waals surface area contributed by atoms with Crippen LogP contribution < -0.4 is 5.32 Å². The summed E-state index contributed by atoms with van der Waals surface area (Å²) in [6, 6.07) is 4.31. The van der Waals surface area contributed by atoms with Crippen LogP contribution >= 0.6 is 11.3 Å². The Hall–Kier alpha value is -2.42. The maximum atomic E-state index is 12.7. The molecule has 1 N–H and O–H groups in total. The summed E-state index contributed by atoms with van der Waals surface area (Å²) in [5.41, 5.74) is -0.483. The van der Waals surface area contributed by atoms with Gasteiger partial charge in [-0.25, -0.2) is 9.78 Å². The first-order valence-corrected chi connectivity index (χ1v) is 9.32. The van der Waals surface area contributed by atoms with Crippen LogP contribution in [0.2, 0.25) is 0 Å². The SMILES string of the molecule is C[C@@]1(C2CC2)NC(=O)N(Cc2csc(-c3ccc(C(F)(F)F)cc3)n2)C1=O. The minimum absolute atomic E-state index is 0.0457. The second-order valence-corrected chi connectivity index (χ2v) is 7.88. The molecule has 4 rings (SSSR count). The lowest BCUT2D eigenvalue weighted by Crippen LogP contribution is -2.46. The number of carbonyl (C=O) groups excluding carboxylic acids is 2. The molecule has 1 aromatic carbocycles. The van der Waals surface area contributed by atoms with E-state index in [2.05, 4.69) is 10.3 Å². The molecule has 1 aromatic heterocycles. The van der Waals surface area contributed by atoms with Crippen molar-refractivity contribution in [3.8, 4) is 10.6 Å². The van der Waals surface area contributed by atoms with Crippen molar-refractivity contribution in [1.29, 1.82) is 0 Å². The summed E-state index contributed by atoms with van der Waals surface area (Å²) in [4.78, 5) is 30.4. The smallest absolute Gasteiger partial charge is 0.323 e. The number of benzene rings is 1. The first kappa shape index (κ1) is 18.0. The van der Waals surface area contributed by atoms with E-state index in [9.17, 15) is 22.8 Å². The van der Waals surface area contributed by atoms with Gasteiger partial charge in [0.05, 0.1) is 17.8 Å². The van der Waals surface area contributed by atoms with E-state index in [1.165, 1.54) is 23.5 Å². The quantitative estimate of drug-likeness (QED) is 0.795. The predicted octanol–water partition coefficient (Wildman–Crippen LogP) is 4.05. The lowest BCUT2D eigenvalue weighted by atomic mass is 9.96. The van der Waals surface area contributed by atoms with Gasteiger partial charge < -0.3 is 5.32 Å². The number of nitrogens with one attached hydrogen (secondary N) is 1. The van der Waals surface area contributed by atoms with Crippen molar-refractivity contribution in [3.63, 3.8) is 0 Å². The number of thiazole rings is 1. The number of alkyl halides is 3. The Labute approximate surface area is 157 Å². The summed E-state index contributed by atoms with van der Waals surface area (Å²) in [5, 5.41) is 5.02. The van der Waals surface area contributed by atoms with Crippen molar-refractivity contribution in [1.82, 2.24) is 15.2 Å². The molecule has 0 bridgehead atoms. The Morgan fingerprint density at radius 1 is 1.26 bits per heavy atom. The van der Waals surface area contributed by atoms with Gasteiger partial charge >= 0.3 is 12.2 Å². The number of imide groups is 1. The van der Waals surface area contributed by atoms with E-state index in [-0.39, 0.29) is 18.4 Å². The van der Waals surface area contributed by atoms with Crippen LogP contribution in [0.5, 0.6) is 0 Å². The lowest BCUT2D eigenvalue weighted by molar-refractivity contribution is -0.137. The van der Waals surface area contributed by atoms with Crippen LogP contribution in [0, 0.1) is 5.92 Å². The average molecular weight is 395 g/mol. The predicted molar refractivity (Wildman–Crippen MR) is 92.8 cm³/mol. The molecule has 5 nitrogen and oxygen atoms in total. The third kappa shape index (κ3) is 3.20. The number of urea groups is 1. The first-order valence-electron chi connectivity index (χ1n) is 8.44. The summed E-state index contributed by atoms with van der Waals surface area (Å²) in [7, 11) is 0. The van der Waals surface area contributed by atoms with Crippen LogP contribution in [-0.4, -0.2) is 27.4 Å². The lowest BCUT2D eigenvalue weighted by Gasteiger charge is -2.20. The van der Waals surface area contributed by atoms with Crippen LogP contribution in [0.4, 0.5) is 18.0 Å². The Kier molecular flexibility index (Phi) is 4.03. The van der Waals surface area contributed by atoms with E-state index in [1.807, 2.05) is 0 Å². The summed E-state index contributed by atoms with van der Waals surface area (Å²) in [6.45, 7) is 1.80. The number of amides is 3. The Bertz CT molecular complexity index is 905. The molecule has 2 aromatic rings. The summed E-state index contributed by atoms with van der Waals surface area (Å²) in [6.07, 6.45) is -2.54. The van der Waals surface area contributed by atoms with Gasteiger partial charge in [0.1, 0.15) is 10.5 Å². The van der Waals surface area contributed by atoms with Gasteiger partial charge in [-0.1, -0.05) is 12.1 Å². The molecule has 1 aliphatic heterocycles. The molecule has 1 atom stereocenters. The molecule has 9 heteroatoms. The molecule has 3 amide bonds. The molecule has 2 aliphatic rings. The fourth-order valence-corrected chi connectivity index (χ4v) is 4.09. The normalized spacial score (nSPS) is 23.0. The summed E-state index contributed by atoms with van der Waals surface area (Å²) >= 11 is 1.26. The van der Waals surface area contributed by atoms with Crippen molar-refractivity contribution in [2.24, 2.45) is 5.92 Å². The zero-order valence-electron chi connectivity index (χ0n) is 14.3. The number of carbonyl (C=O) groups is 2.